The molecule has 4 nitrogen and oxygen atoms in total. The van der Waals surface area contributed by atoms with Crippen LogP contribution in [-0.2, 0) is 4.79 Å². The summed E-state index contributed by atoms with van der Waals surface area (Å²) >= 11 is 0. The number of carboxylic acids is 1. The summed E-state index contributed by atoms with van der Waals surface area (Å²) in [6.07, 6.45) is -1.82. The molecule has 0 radical (unpaired) electrons. The van der Waals surface area contributed by atoms with E-state index >= 15 is 0 Å². The van der Waals surface area contributed by atoms with E-state index in [2.05, 4.69) is 0 Å². The molecule has 0 aliphatic rings. The summed E-state index contributed by atoms with van der Waals surface area (Å²) in [5.74, 6) is -1.43. The monoisotopic (exact) mass is 213 g/mol. The number of benzene rings is 1. The predicted molar refractivity (Wildman–Crippen MR) is 52.2 cm³/mol. The number of hydrogen-bond donors (Lipinski definition) is 3. The Kier molecular flexibility index (Phi) is 2.95. The second-order valence-electron chi connectivity index (χ2n) is 3.54. The Labute approximate surface area is 86.1 Å². The molecule has 0 fully saturated rings. The minimum absolute atomic E-state index is 0.0139. The highest BCUT2D eigenvalue weighted by Crippen LogP contribution is 2.29. The van der Waals surface area contributed by atoms with Gasteiger partial charge >= 0.3 is 5.97 Å². The molecule has 0 saturated carbocycles. The molecule has 1 aromatic rings. The topological polar surface area (TPSA) is 83.6 Å². The number of halogens is 1. The van der Waals surface area contributed by atoms with Crippen molar-refractivity contribution >= 4 is 5.97 Å². The van der Waals surface area contributed by atoms with E-state index < -0.39 is 17.7 Å². The molecule has 0 amide bonds. The molecule has 0 aromatic heterocycles. The largest absolute Gasteiger partial charge is 0.508 e. The number of aromatic hydroxyl groups is 1. The maximum Gasteiger partial charge on any atom is 0.326 e. The van der Waals surface area contributed by atoms with Gasteiger partial charge in [0, 0.05) is 0 Å². The number of phenols is 1. The normalized spacial score (nSPS) is 16.7. The number of aliphatic carboxylic acids is 1. The summed E-state index contributed by atoms with van der Waals surface area (Å²) in [7, 11) is 0. The molecule has 0 saturated heterocycles. The SMILES string of the molecule is CC(N)(C(=O)O)C(F)c1ccc(O)cc1. The first kappa shape index (κ1) is 11.5. The minimum atomic E-state index is -1.98. The summed E-state index contributed by atoms with van der Waals surface area (Å²) in [5.41, 5.74) is 3.49. The molecule has 0 bridgehead atoms. The lowest BCUT2D eigenvalue weighted by Crippen LogP contribution is -2.48. The first-order valence-corrected chi connectivity index (χ1v) is 4.31. The lowest BCUT2D eigenvalue weighted by atomic mass is 9.92. The van der Waals surface area contributed by atoms with E-state index in [9.17, 15) is 9.18 Å². The number of carboxylic acid groups (broad SMARTS) is 1. The van der Waals surface area contributed by atoms with Crippen LogP contribution in [0.5, 0.6) is 5.75 Å². The molecule has 1 aromatic carbocycles. The Morgan fingerprint density at radius 1 is 1.47 bits per heavy atom. The summed E-state index contributed by atoms with van der Waals surface area (Å²) in [6.45, 7) is 1.10. The van der Waals surface area contributed by atoms with Gasteiger partial charge in [0.15, 0.2) is 6.17 Å². The van der Waals surface area contributed by atoms with Crippen molar-refractivity contribution in [2.24, 2.45) is 5.73 Å². The molecule has 1 rings (SSSR count). The van der Waals surface area contributed by atoms with Crippen molar-refractivity contribution in [3.8, 4) is 5.75 Å². The van der Waals surface area contributed by atoms with Crippen molar-refractivity contribution in [2.45, 2.75) is 18.6 Å². The van der Waals surface area contributed by atoms with Crippen molar-refractivity contribution in [3.05, 3.63) is 29.8 Å². The Morgan fingerprint density at radius 2 is 1.93 bits per heavy atom. The summed E-state index contributed by atoms with van der Waals surface area (Å²) in [4.78, 5) is 10.7. The van der Waals surface area contributed by atoms with Gasteiger partial charge in [0.2, 0.25) is 0 Å². The van der Waals surface area contributed by atoms with Crippen molar-refractivity contribution in [1.82, 2.24) is 0 Å². The number of nitrogens with two attached hydrogens (primary N) is 1. The molecule has 0 heterocycles. The Morgan fingerprint density at radius 3 is 2.33 bits per heavy atom. The van der Waals surface area contributed by atoms with Gasteiger partial charge in [-0.1, -0.05) is 12.1 Å². The average Bonchev–Trinajstić information content (AvgIpc) is 2.17. The van der Waals surface area contributed by atoms with Gasteiger partial charge in [0.05, 0.1) is 0 Å². The fourth-order valence-electron chi connectivity index (χ4n) is 1.10. The van der Waals surface area contributed by atoms with Gasteiger partial charge in [0.1, 0.15) is 11.3 Å². The Bertz CT molecular complexity index is 361. The van der Waals surface area contributed by atoms with Gasteiger partial charge in [0.25, 0.3) is 0 Å². The van der Waals surface area contributed by atoms with Gasteiger partial charge < -0.3 is 15.9 Å². The molecule has 82 valence electrons. The first-order chi connectivity index (χ1) is 6.85. The third-order valence-electron chi connectivity index (χ3n) is 2.17. The van der Waals surface area contributed by atoms with E-state index in [1.165, 1.54) is 24.3 Å². The summed E-state index contributed by atoms with van der Waals surface area (Å²) in [5, 5.41) is 17.7. The van der Waals surface area contributed by atoms with Crippen LogP contribution in [0.15, 0.2) is 24.3 Å². The molecular formula is C10H12FNO3. The number of hydrogen-bond acceptors (Lipinski definition) is 3. The van der Waals surface area contributed by atoms with Crippen LogP contribution in [0.3, 0.4) is 0 Å². The van der Waals surface area contributed by atoms with E-state index in [0.717, 1.165) is 6.92 Å². The number of carbonyl (C=O) groups is 1. The molecule has 4 N–H and O–H groups in total. The maximum atomic E-state index is 13.7. The number of alkyl halides is 1. The van der Waals surface area contributed by atoms with E-state index in [4.69, 9.17) is 15.9 Å². The summed E-state index contributed by atoms with van der Waals surface area (Å²) in [6, 6.07) is 5.15. The zero-order valence-corrected chi connectivity index (χ0v) is 8.14. The lowest BCUT2D eigenvalue weighted by molar-refractivity contribution is -0.145. The maximum absolute atomic E-state index is 13.7. The van der Waals surface area contributed by atoms with Gasteiger partial charge in [-0.3, -0.25) is 4.79 Å². The van der Waals surface area contributed by atoms with Gasteiger partial charge in [-0.25, -0.2) is 4.39 Å². The van der Waals surface area contributed by atoms with Gasteiger partial charge in [-0.15, -0.1) is 0 Å². The molecule has 15 heavy (non-hydrogen) atoms. The zero-order chi connectivity index (χ0) is 11.6. The third kappa shape index (κ3) is 2.24. The second-order valence-corrected chi connectivity index (χ2v) is 3.54. The molecule has 5 heteroatoms. The van der Waals surface area contributed by atoms with Crippen molar-refractivity contribution < 1.29 is 19.4 Å². The van der Waals surface area contributed by atoms with Crippen LogP contribution in [0, 0.1) is 0 Å². The van der Waals surface area contributed by atoms with Gasteiger partial charge in [-0.05, 0) is 24.6 Å². The summed E-state index contributed by atoms with van der Waals surface area (Å²) < 4.78 is 13.7. The smallest absolute Gasteiger partial charge is 0.326 e. The van der Waals surface area contributed by atoms with Crippen molar-refractivity contribution in [3.63, 3.8) is 0 Å². The highest BCUT2D eigenvalue weighted by atomic mass is 19.1. The predicted octanol–water partition coefficient (Wildman–Crippen LogP) is 1.20. The Balaban J connectivity index is 2.99. The molecule has 0 aliphatic carbocycles. The van der Waals surface area contributed by atoms with Crippen molar-refractivity contribution in [2.75, 3.05) is 0 Å². The second kappa shape index (κ2) is 3.86. The fraction of sp³-hybridized carbons (Fsp3) is 0.300. The van der Waals surface area contributed by atoms with Gasteiger partial charge in [-0.2, -0.15) is 0 Å². The molecular weight excluding hydrogens is 201 g/mol. The van der Waals surface area contributed by atoms with Crippen LogP contribution in [-0.4, -0.2) is 21.7 Å². The van der Waals surface area contributed by atoms with E-state index in [1.807, 2.05) is 0 Å². The van der Waals surface area contributed by atoms with E-state index in [-0.39, 0.29) is 11.3 Å². The highest BCUT2D eigenvalue weighted by molar-refractivity contribution is 5.79. The van der Waals surface area contributed by atoms with Crippen LogP contribution in [0.25, 0.3) is 0 Å². The van der Waals surface area contributed by atoms with Crippen LogP contribution in [0.1, 0.15) is 18.7 Å². The first-order valence-electron chi connectivity index (χ1n) is 4.31. The fourth-order valence-corrected chi connectivity index (χ4v) is 1.10. The quantitative estimate of drug-likeness (QED) is 0.704. The van der Waals surface area contributed by atoms with E-state index in [0.29, 0.717) is 0 Å². The van der Waals surface area contributed by atoms with Crippen LogP contribution >= 0.6 is 0 Å². The van der Waals surface area contributed by atoms with E-state index in [1.54, 1.807) is 0 Å². The average molecular weight is 213 g/mol. The zero-order valence-electron chi connectivity index (χ0n) is 8.14. The van der Waals surface area contributed by atoms with Crippen LogP contribution < -0.4 is 5.73 Å². The minimum Gasteiger partial charge on any atom is -0.508 e. The van der Waals surface area contributed by atoms with Crippen LogP contribution in [0.4, 0.5) is 4.39 Å². The standard InChI is InChI=1S/C10H12FNO3/c1-10(12,9(14)15)8(11)6-2-4-7(13)5-3-6/h2-5,8,13H,12H2,1H3,(H,14,15). The molecule has 0 spiro atoms. The van der Waals surface area contributed by atoms with Crippen LogP contribution in [0.2, 0.25) is 0 Å². The number of rotatable bonds is 3. The lowest BCUT2D eigenvalue weighted by Gasteiger charge is -2.23. The molecule has 2 unspecified atom stereocenters. The number of phenolic OH excluding ortho intramolecular Hbond substituents is 1. The Hall–Kier alpha value is -1.62. The third-order valence-corrected chi connectivity index (χ3v) is 2.17. The highest BCUT2D eigenvalue weighted by Gasteiger charge is 2.39. The molecule has 0 aliphatic heterocycles. The molecule has 2 atom stereocenters. The van der Waals surface area contributed by atoms with Crippen molar-refractivity contribution in [1.29, 1.82) is 0 Å².